The third-order valence-corrected chi connectivity index (χ3v) is 7.36. The lowest BCUT2D eigenvalue weighted by molar-refractivity contribution is -0.118. The molecule has 2 N–H and O–H groups in total. The number of dihydropyridines is 1. The van der Waals surface area contributed by atoms with Gasteiger partial charge in [0.25, 0.3) is 0 Å². The minimum absolute atomic E-state index is 0.0543. The van der Waals surface area contributed by atoms with Crippen molar-refractivity contribution in [3.8, 4) is 11.8 Å². The quantitative estimate of drug-likeness (QED) is 0.564. The number of amides is 1. The Bertz CT molecular complexity index is 1270. The number of hydrogen-bond acceptors (Lipinski definition) is 6. The van der Waals surface area contributed by atoms with Crippen molar-refractivity contribution in [2.45, 2.75) is 39.5 Å². The number of carbonyl (C=O) groups excluding carboxylic acids is 2. The van der Waals surface area contributed by atoms with Gasteiger partial charge in [-0.25, -0.2) is 0 Å². The van der Waals surface area contributed by atoms with Crippen molar-refractivity contribution in [3.63, 3.8) is 0 Å². The Labute approximate surface area is 210 Å². The van der Waals surface area contributed by atoms with Crippen LogP contribution in [0.1, 0.15) is 43.7 Å². The number of benzene rings is 2. The fourth-order valence-corrected chi connectivity index (χ4v) is 5.52. The number of ketones is 1. The van der Waals surface area contributed by atoms with Crippen molar-refractivity contribution in [3.05, 3.63) is 81.5 Å². The van der Waals surface area contributed by atoms with Crippen LogP contribution >= 0.6 is 11.8 Å². The number of hydrogen-bond donors (Lipinski definition) is 2. The molecule has 1 atom stereocenters. The fraction of sp³-hybridized carbons (Fsp3) is 0.321. The molecule has 1 unspecified atom stereocenters. The first kappa shape index (κ1) is 24.6. The van der Waals surface area contributed by atoms with Crippen LogP contribution in [-0.2, 0) is 9.59 Å². The van der Waals surface area contributed by atoms with Crippen LogP contribution in [0.15, 0.2) is 70.4 Å². The summed E-state index contributed by atoms with van der Waals surface area (Å²) in [5, 5.41) is 17.1. The highest BCUT2D eigenvalue weighted by molar-refractivity contribution is 8.03. The van der Waals surface area contributed by atoms with Gasteiger partial charge in [0.1, 0.15) is 5.75 Å². The van der Waals surface area contributed by atoms with Gasteiger partial charge in [-0.1, -0.05) is 55.9 Å². The van der Waals surface area contributed by atoms with Crippen LogP contribution in [0.25, 0.3) is 0 Å². The van der Waals surface area contributed by atoms with Crippen LogP contribution in [0.4, 0.5) is 5.69 Å². The second-order valence-corrected chi connectivity index (χ2v) is 10.7. The third-order valence-electron chi connectivity index (χ3n) is 6.34. The number of anilines is 1. The predicted octanol–water partition coefficient (Wildman–Crippen LogP) is 5.44. The van der Waals surface area contributed by atoms with E-state index in [1.807, 2.05) is 55.5 Å². The number of rotatable bonds is 6. The van der Waals surface area contributed by atoms with E-state index in [4.69, 9.17) is 4.74 Å². The summed E-state index contributed by atoms with van der Waals surface area (Å²) in [6, 6.07) is 17.4. The minimum atomic E-state index is -0.479. The summed E-state index contributed by atoms with van der Waals surface area (Å²) in [7, 11) is 1.60. The number of para-hydroxylation sites is 1. The summed E-state index contributed by atoms with van der Waals surface area (Å²) in [5.41, 5.74) is 4.37. The highest BCUT2D eigenvalue weighted by Gasteiger charge is 2.42. The Morgan fingerprint density at radius 1 is 1.20 bits per heavy atom. The third kappa shape index (κ3) is 5.28. The van der Waals surface area contributed by atoms with Gasteiger partial charge in [0.05, 0.1) is 35.5 Å². The molecule has 1 amide bonds. The number of nitrogens with zero attached hydrogens (tertiary/aromatic N) is 1. The van der Waals surface area contributed by atoms with Crippen LogP contribution in [-0.4, -0.2) is 24.6 Å². The smallest absolute Gasteiger partial charge is 0.234 e. The molecule has 0 saturated heterocycles. The number of nitriles is 1. The van der Waals surface area contributed by atoms with Crippen molar-refractivity contribution in [1.82, 2.24) is 5.32 Å². The maximum atomic E-state index is 13.3. The number of carbonyl (C=O) groups is 2. The van der Waals surface area contributed by atoms with Gasteiger partial charge in [0.2, 0.25) is 5.91 Å². The molecule has 0 aromatic heterocycles. The van der Waals surface area contributed by atoms with Crippen molar-refractivity contribution in [2.75, 3.05) is 18.2 Å². The Balaban J connectivity index is 1.66. The molecule has 6 nitrogen and oxygen atoms in total. The van der Waals surface area contributed by atoms with Gasteiger partial charge < -0.3 is 15.4 Å². The summed E-state index contributed by atoms with van der Waals surface area (Å²) < 4.78 is 5.29. The van der Waals surface area contributed by atoms with Gasteiger partial charge in [0, 0.05) is 23.4 Å². The van der Waals surface area contributed by atoms with Crippen molar-refractivity contribution in [2.24, 2.45) is 5.41 Å². The number of nitrogens with one attached hydrogen (secondary N) is 2. The molecule has 0 spiro atoms. The van der Waals surface area contributed by atoms with E-state index in [2.05, 4.69) is 30.6 Å². The molecule has 1 aliphatic heterocycles. The zero-order valence-corrected chi connectivity index (χ0v) is 21.2. The first-order valence-electron chi connectivity index (χ1n) is 11.5. The summed E-state index contributed by atoms with van der Waals surface area (Å²) >= 11 is 1.29. The highest BCUT2D eigenvalue weighted by Crippen LogP contribution is 2.48. The van der Waals surface area contributed by atoms with Gasteiger partial charge in [-0.3, -0.25) is 9.59 Å². The van der Waals surface area contributed by atoms with Crippen LogP contribution in [0.5, 0.6) is 5.75 Å². The Hall–Kier alpha value is -3.50. The summed E-state index contributed by atoms with van der Waals surface area (Å²) in [4.78, 5) is 26.0. The van der Waals surface area contributed by atoms with E-state index in [1.165, 1.54) is 11.8 Å². The molecular weight excluding hydrogens is 458 g/mol. The summed E-state index contributed by atoms with van der Waals surface area (Å²) in [5.74, 6) is 0.262. The zero-order chi connectivity index (χ0) is 25.2. The normalized spacial score (nSPS) is 18.9. The van der Waals surface area contributed by atoms with E-state index in [0.29, 0.717) is 34.8 Å². The summed E-state index contributed by atoms with van der Waals surface area (Å²) in [6.07, 6.45) is 1.12. The molecule has 4 rings (SSSR count). The number of aryl methyl sites for hydroxylation is 1. The van der Waals surface area contributed by atoms with Crippen molar-refractivity contribution >= 4 is 29.1 Å². The van der Waals surface area contributed by atoms with E-state index < -0.39 is 5.92 Å². The summed E-state index contributed by atoms with van der Waals surface area (Å²) in [6.45, 7) is 6.09. The molecule has 2 aromatic rings. The molecule has 35 heavy (non-hydrogen) atoms. The number of Topliss-reactive ketones (excluding diaryl/α,β-unsaturated/α-hetero) is 1. The highest BCUT2D eigenvalue weighted by atomic mass is 32.2. The Morgan fingerprint density at radius 2 is 1.91 bits per heavy atom. The van der Waals surface area contributed by atoms with Crippen LogP contribution in [0.3, 0.4) is 0 Å². The lowest BCUT2D eigenvalue weighted by Gasteiger charge is -2.39. The first-order valence-corrected chi connectivity index (χ1v) is 12.5. The van der Waals surface area contributed by atoms with E-state index in [0.717, 1.165) is 22.5 Å². The van der Waals surface area contributed by atoms with Crippen LogP contribution in [0, 0.1) is 23.7 Å². The molecule has 0 bridgehead atoms. The molecule has 7 heteroatoms. The molecule has 0 saturated carbocycles. The standard InChI is InChI=1S/C28H29N3O3S/c1-17-7-5-6-8-21(17)30-24(33)16-35-27-20(15-29)25(18-9-11-19(34-4)12-10-18)26-22(31-27)13-28(2,3)14-23(26)32/h5-12,25,31H,13-14,16H2,1-4H3,(H,30,33). The second kappa shape index (κ2) is 10.0. The van der Waals surface area contributed by atoms with E-state index in [9.17, 15) is 14.9 Å². The Kier molecular flexibility index (Phi) is 7.04. The maximum absolute atomic E-state index is 13.3. The van der Waals surface area contributed by atoms with E-state index in [-0.39, 0.29) is 22.9 Å². The topological polar surface area (TPSA) is 91.2 Å². The van der Waals surface area contributed by atoms with Crippen LogP contribution in [0.2, 0.25) is 0 Å². The molecule has 0 radical (unpaired) electrons. The van der Waals surface area contributed by atoms with E-state index >= 15 is 0 Å². The largest absolute Gasteiger partial charge is 0.497 e. The number of methoxy groups -OCH3 is 1. The van der Waals surface area contributed by atoms with Gasteiger partial charge in [-0.15, -0.1) is 0 Å². The average molecular weight is 488 g/mol. The second-order valence-electron chi connectivity index (χ2n) is 9.67. The fourth-order valence-electron chi connectivity index (χ4n) is 4.66. The van der Waals surface area contributed by atoms with Crippen molar-refractivity contribution < 1.29 is 14.3 Å². The average Bonchev–Trinajstić information content (AvgIpc) is 2.82. The molecule has 2 aliphatic rings. The molecule has 180 valence electrons. The SMILES string of the molecule is COc1ccc(C2C(C#N)=C(SCC(=O)Nc3ccccc3C)NC3=C2C(=O)CC(C)(C)C3)cc1. The molecule has 2 aromatic carbocycles. The zero-order valence-electron chi connectivity index (χ0n) is 20.4. The molecule has 1 aliphatic carbocycles. The van der Waals surface area contributed by atoms with Crippen LogP contribution < -0.4 is 15.4 Å². The van der Waals surface area contributed by atoms with Gasteiger partial charge in [0.15, 0.2) is 5.78 Å². The Morgan fingerprint density at radius 3 is 2.57 bits per heavy atom. The maximum Gasteiger partial charge on any atom is 0.234 e. The van der Waals surface area contributed by atoms with Gasteiger partial charge in [-0.2, -0.15) is 5.26 Å². The van der Waals surface area contributed by atoms with E-state index in [1.54, 1.807) is 7.11 Å². The predicted molar refractivity (Wildman–Crippen MR) is 139 cm³/mol. The number of thioether (sulfide) groups is 1. The molecular formula is C28H29N3O3S. The minimum Gasteiger partial charge on any atom is -0.497 e. The lowest BCUT2D eigenvalue weighted by atomic mass is 9.69. The van der Waals surface area contributed by atoms with Crippen molar-refractivity contribution in [1.29, 1.82) is 5.26 Å². The number of ether oxygens (including phenoxy) is 1. The van der Waals surface area contributed by atoms with Gasteiger partial charge in [-0.05, 0) is 48.1 Å². The molecule has 1 heterocycles. The monoisotopic (exact) mass is 487 g/mol. The first-order chi connectivity index (χ1) is 16.7. The number of allylic oxidation sites excluding steroid dienone is 3. The van der Waals surface area contributed by atoms with Gasteiger partial charge >= 0.3 is 0 Å². The lowest BCUT2D eigenvalue weighted by Crippen LogP contribution is -2.37. The molecule has 0 fully saturated rings.